The number of carbonyl (C=O) groups excluding carboxylic acids is 3. The van der Waals surface area contributed by atoms with E-state index in [-0.39, 0.29) is 65.7 Å². The van der Waals surface area contributed by atoms with E-state index in [1.165, 1.54) is 22.6 Å². The molecule has 0 heterocycles. The number of aliphatic carboxylic acids is 4. The summed E-state index contributed by atoms with van der Waals surface area (Å²) in [6, 6.07) is 66.0. The molecule has 13 nitrogen and oxygen atoms in total. The molecule has 0 radical (unpaired) electrons. The number of hydrogen-bond acceptors (Lipinski definition) is 11. The van der Waals surface area contributed by atoms with E-state index in [9.17, 15) is 52.2 Å². The Hall–Kier alpha value is -7.92. The molecule has 0 saturated heterocycles. The Morgan fingerprint density at radius 1 is 0.398 bits per heavy atom. The molecule has 88 heavy (non-hydrogen) atoms. The van der Waals surface area contributed by atoms with Crippen molar-refractivity contribution in [1.82, 2.24) is 0 Å². The van der Waals surface area contributed by atoms with Crippen LogP contribution >= 0.6 is 23.5 Å². The molecule has 0 bridgehead atoms. The smallest absolute Gasteiger partial charge is 0.306 e. The van der Waals surface area contributed by atoms with Crippen molar-refractivity contribution in [3.63, 3.8) is 0 Å². The third kappa shape index (κ3) is 26.6. The molecule has 7 rings (SSSR count). The highest BCUT2D eigenvalue weighted by molar-refractivity contribution is 7.99. The maximum atomic E-state index is 13.1. The molecular formula is C72H82O13S3. The fourth-order valence-electron chi connectivity index (χ4n) is 9.70. The minimum Gasteiger partial charge on any atom is -0.481 e. The monoisotopic (exact) mass is 1250 g/mol. The SMILES string of the molecule is CCCC(CC(=O)c1ccccc1)C(C)=O.CCCC(CC(Sc1ccccc1)c1ccccc1)C(C)=O.O=C(O)CCC(CC(Sc1ccccc1)c1ccccc1)C(=O)O.O=C(O)CCC(CC(c1ccccc1)S(=O)(=O)c1ccccc1)C(=O)O. The van der Waals surface area contributed by atoms with Gasteiger partial charge in [0.15, 0.2) is 15.6 Å². The molecule has 466 valence electrons. The number of carboxylic acids is 4. The number of rotatable bonds is 32. The van der Waals surface area contributed by atoms with Crippen LogP contribution in [0.25, 0.3) is 0 Å². The second-order valence-corrected chi connectivity index (χ2v) is 25.9. The Balaban J connectivity index is 0.000000254. The predicted octanol–water partition coefficient (Wildman–Crippen LogP) is 16.8. The zero-order valence-corrected chi connectivity index (χ0v) is 52.9. The van der Waals surface area contributed by atoms with Gasteiger partial charge in [0.1, 0.15) is 11.6 Å². The summed E-state index contributed by atoms with van der Waals surface area (Å²) < 4.78 is 26.2. The molecule has 0 aromatic heterocycles. The maximum Gasteiger partial charge on any atom is 0.306 e. The van der Waals surface area contributed by atoms with Crippen molar-refractivity contribution in [3.05, 3.63) is 235 Å². The lowest BCUT2D eigenvalue weighted by Gasteiger charge is -2.22. The average Bonchev–Trinajstić information content (AvgIpc) is 3.45. The molecule has 7 atom stereocenters. The van der Waals surface area contributed by atoms with E-state index in [1.807, 2.05) is 110 Å². The molecule has 7 aromatic rings. The summed E-state index contributed by atoms with van der Waals surface area (Å²) in [6.45, 7) is 7.48. The summed E-state index contributed by atoms with van der Waals surface area (Å²) in [5.41, 5.74) is 3.54. The predicted molar refractivity (Wildman–Crippen MR) is 349 cm³/mol. The highest BCUT2D eigenvalue weighted by Gasteiger charge is 2.34. The summed E-state index contributed by atoms with van der Waals surface area (Å²) in [4.78, 5) is 82.3. The van der Waals surface area contributed by atoms with Crippen LogP contribution in [0.1, 0.15) is 148 Å². The second-order valence-electron chi connectivity index (χ2n) is 21.2. The molecule has 16 heteroatoms. The van der Waals surface area contributed by atoms with Crippen LogP contribution in [0, 0.1) is 23.7 Å². The number of benzene rings is 7. The highest BCUT2D eigenvalue weighted by Crippen LogP contribution is 2.42. The first-order valence-electron chi connectivity index (χ1n) is 29.6. The van der Waals surface area contributed by atoms with Gasteiger partial charge in [-0.05, 0) is 112 Å². The number of ketones is 3. The number of carboxylic acid groups (broad SMARTS) is 4. The van der Waals surface area contributed by atoms with Gasteiger partial charge in [-0.2, -0.15) is 0 Å². The van der Waals surface area contributed by atoms with E-state index in [1.54, 1.807) is 86.3 Å². The first kappa shape index (κ1) is 72.6. The van der Waals surface area contributed by atoms with Gasteiger partial charge in [-0.25, -0.2) is 8.42 Å². The molecule has 4 N–H and O–H groups in total. The van der Waals surface area contributed by atoms with Gasteiger partial charge >= 0.3 is 23.9 Å². The van der Waals surface area contributed by atoms with Crippen molar-refractivity contribution in [3.8, 4) is 0 Å². The van der Waals surface area contributed by atoms with Gasteiger partial charge in [-0.1, -0.05) is 203 Å². The summed E-state index contributed by atoms with van der Waals surface area (Å²) in [6.07, 6.45) is 4.78. The minimum atomic E-state index is -3.83. The quantitative estimate of drug-likeness (QED) is 0.0227. The first-order valence-corrected chi connectivity index (χ1v) is 32.9. The zero-order valence-electron chi connectivity index (χ0n) is 50.4. The lowest BCUT2D eigenvalue weighted by Crippen LogP contribution is -2.23. The average molecular weight is 1250 g/mol. The van der Waals surface area contributed by atoms with Crippen LogP contribution < -0.4 is 0 Å². The molecule has 7 aromatic carbocycles. The Labute approximate surface area is 527 Å². The molecule has 0 amide bonds. The standard InChI is InChI=1S/C20H24OS.C19H20O6S.C19H20O4S.C14H18O2/c1-3-10-18(16(2)21)15-20(17-11-6-4-7-12-17)22-19-13-8-5-9-14-19;20-18(21)12-11-15(19(22)23)13-17(14-7-3-1-4-8-14)26(24,25)16-9-5-2-6-10-16;20-18(21)12-11-15(19(22)23)13-17(14-7-3-1-4-8-14)24-16-9-5-2-6-10-16;1-3-7-13(11(2)15)10-14(16)12-8-5-4-6-9-12/h4-9,11-14,18,20H,3,10,15H2,1-2H3;1-10,15,17H,11-13H2,(H,20,21)(H,22,23);1-10,15,17H,11-13H2,(H,20,21)(H,22,23);4-6,8-9,13H,3,7,10H2,1-2H3. The highest BCUT2D eigenvalue weighted by atomic mass is 32.2. The van der Waals surface area contributed by atoms with Crippen LogP contribution in [0.2, 0.25) is 0 Å². The van der Waals surface area contributed by atoms with Gasteiger partial charge < -0.3 is 20.4 Å². The Morgan fingerprint density at radius 3 is 1.09 bits per heavy atom. The van der Waals surface area contributed by atoms with Crippen LogP contribution in [-0.4, -0.2) is 70.1 Å². The number of hydrogen-bond donors (Lipinski definition) is 4. The van der Waals surface area contributed by atoms with Crippen LogP contribution in [0.3, 0.4) is 0 Å². The van der Waals surface area contributed by atoms with Gasteiger partial charge in [0, 0.05) is 57.0 Å². The van der Waals surface area contributed by atoms with Crippen LogP contribution in [-0.2, 0) is 38.6 Å². The summed E-state index contributed by atoms with van der Waals surface area (Å²) in [5, 5.41) is 35.7. The molecule has 0 aliphatic heterocycles. The summed E-state index contributed by atoms with van der Waals surface area (Å²) in [7, 11) is -3.83. The van der Waals surface area contributed by atoms with E-state index in [2.05, 4.69) is 55.5 Å². The van der Waals surface area contributed by atoms with Crippen molar-refractivity contribution in [2.75, 3.05) is 0 Å². The normalized spacial score (nSPS) is 13.2. The minimum absolute atomic E-state index is 0.0384. The number of thioether (sulfide) groups is 2. The van der Waals surface area contributed by atoms with E-state index in [0.717, 1.165) is 42.6 Å². The molecule has 0 aliphatic rings. The number of carbonyl (C=O) groups is 7. The molecule has 0 saturated carbocycles. The van der Waals surface area contributed by atoms with E-state index < -0.39 is 50.8 Å². The van der Waals surface area contributed by atoms with E-state index in [4.69, 9.17) is 10.2 Å². The van der Waals surface area contributed by atoms with E-state index >= 15 is 0 Å². The van der Waals surface area contributed by atoms with Crippen molar-refractivity contribution >= 4 is 74.6 Å². The van der Waals surface area contributed by atoms with Gasteiger partial charge in [0.25, 0.3) is 0 Å². The summed E-state index contributed by atoms with van der Waals surface area (Å²) >= 11 is 3.47. The lowest BCUT2D eigenvalue weighted by molar-refractivity contribution is -0.144. The molecule has 0 spiro atoms. The Bertz CT molecular complexity index is 3300. The van der Waals surface area contributed by atoms with Crippen molar-refractivity contribution in [2.24, 2.45) is 23.7 Å². The third-order valence-electron chi connectivity index (χ3n) is 14.6. The van der Waals surface area contributed by atoms with E-state index in [0.29, 0.717) is 35.0 Å². The first-order chi connectivity index (χ1) is 42.2. The van der Waals surface area contributed by atoms with Gasteiger partial charge in [0.05, 0.1) is 22.0 Å². The molecular weight excluding hydrogens is 1170 g/mol. The third-order valence-corrected chi connectivity index (χ3v) is 19.3. The van der Waals surface area contributed by atoms with Crippen molar-refractivity contribution < 1.29 is 62.4 Å². The number of Topliss-reactive ketones (excluding diaryl/α,β-unsaturated/α-hetero) is 3. The van der Waals surface area contributed by atoms with Crippen molar-refractivity contribution in [2.45, 2.75) is 135 Å². The zero-order chi connectivity index (χ0) is 64.3. The van der Waals surface area contributed by atoms with Gasteiger partial charge in [-0.15, -0.1) is 23.5 Å². The van der Waals surface area contributed by atoms with Crippen LogP contribution in [0.15, 0.2) is 227 Å². The van der Waals surface area contributed by atoms with Gasteiger partial charge in [-0.3, -0.25) is 33.6 Å². The topological polar surface area (TPSA) is 235 Å². The molecule has 0 aliphatic carbocycles. The largest absolute Gasteiger partial charge is 0.481 e. The second kappa shape index (κ2) is 39.8. The fraction of sp³-hybridized carbons (Fsp3) is 0.319. The van der Waals surface area contributed by atoms with Crippen LogP contribution in [0.5, 0.6) is 0 Å². The molecule has 7 unspecified atom stereocenters. The molecule has 0 fully saturated rings. The fourth-order valence-corrected chi connectivity index (χ4v) is 14.1. The Morgan fingerprint density at radius 2 is 0.727 bits per heavy atom. The summed E-state index contributed by atoms with van der Waals surface area (Å²) in [5.74, 6) is -5.42. The maximum absolute atomic E-state index is 13.1. The van der Waals surface area contributed by atoms with Gasteiger partial charge in [0.2, 0.25) is 0 Å². The number of sulfone groups is 1. The Kier molecular flexibility index (Phi) is 32.8. The van der Waals surface area contributed by atoms with Crippen LogP contribution in [0.4, 0.5) is 0 Å². The lowest BCUT2D eigenvalue weighted by atomic mass is 9.91. The van der Waals surface area contributed by atoms with Crippen molar-refractivity contribution in [1.29, 1.82) is 0 Å².